The van der Waals surface area contributed by atoms with E-state index in [1.165, 1.54) is 5.56 Å². The minimum Gasteiger partial charge on any atom is -0.384 e. The molecule has 0 aliphatic heterocycles. The summed E-state index contributed by atoms with van der Waals surface area (Å²) in [5, 5.41) is 11.0. The number of amides is 1. The Hall–Kier alpha value is -4.01. The number of hydrogen-bond donors (Lipinski definition) is 2. The lowest BCUT2D eigenvalue weighted by molar-refractivity contribution is 0.0945. The van der Waals surface area contributed by atoms with E-state index >= 15 is 0 Å². The molecular formula is C22H24N8O. The molecule has 3 heterocycles. The Balaban J connectivity index is 1.35. The fourth-order valence-corrected chi connectivity index (χ4v) is 3.42. The first kappa shape index (κ1) is 20.3. The van der Waals surface area contributed by atoms with E-state index in [2.05, 4.69) is 37.7 Å². The van der Waals surface area contributed by atoms with Crippen LogP contribution in [0.15, 0.2) is 55.2 Å². The van der Waals surface area contributed by atoms with Gasteiger partial charge in [0.1, 0.15) is 5.82 Å². The predicted octanol–water partition coefficient (Wildman–Crippen LogP) is 2.10. The number of nitrogen functional groups attached to an aromatic ring is 1. The Morgan fingerprint density at radius 1 is 1.13 bits per heavy atom. The minimum atomic E-state index is -0.280. The van der Waals surface area contributed by atoms with Gasteiger partial charge in [0.05, 0.1) is 19.1 Å². The zero-order valence-corrected chi connectivity index (χ0v) is 17.5. The molecular weight excluding hydrogens is 392 g/mol. The van der Waals surface area contributed by atoms with Gasteiger partial charge in [-0.3, -0.25) is 4.79 Å². The summed E-state index contributed by atoms with van der Waals surface area (Å²) in [6.45, 7) is 5.49. The Bertz CT molecular complexity index is 1160. The first-order valence-electron chi connectivity index (χ1n) is 9.92. The largest absolute Gasteiger partial charge is 0.384 e. The molecule has 4 aromatic rings. The van der Waals surface area contributed by atoms with E-state index in [0.717, 1.165) is 28.9 Å². The van der Waals surface area contributed by atoms with E-state index in [0.29, 0.717) is 18.9 Å². The molecule has 4 rings (SSSR count). The van der Waals surface area contributed by atoms with Crippen molar-refractivity contribution in [2.24, 2.45) is 0 Å². The first-order valence-corrected chi connectivity index (χ1v) is 9.92. The lowest BCUT2D eigenvalue weighted by atomic mass is 10.1. The molecule has 0 atom stereocenters. The van der Waals surface area contributed by atoms with Crippen molar-refractivity contribution in [3.63, 3.8) is 0 Å². The van der Waals surface area contributed by atoms with Gasteiger partial charge in [0.25, 0.3) is 5.91 Å². The van der Waals surface area contributed by atoms with Gasteiger partial charge in [0.15, 0.2) is 5.69 Å². The van der Waals surface area contributed by atoms with Crippen LogP contribution in [0.1, 0.15) is 38.4 Å². The van der Waals surface area contributed by atoms with Crippen LogP contribution in [-0.4, -0.2) is 35.4 Å². The topological polar surface area (TPSA) is 117 Å². The molecule has 31 heavy (non-hydrogen) atoms. The zero-order valence-electron chi connectivity index (χ0n) is 17.5. The van der Waals surface area contributed by atoms with Crippen LogP contribution in [0.3, 0.4) is 0 Å². The summed E-state index contributed by atoms with van der Waals surface area (Å²) in [5.41, 5.74) is 11.0. The van der Waals surface area contributed by atoms with E-state index in [-0.39, 0.29) is 11.6 Å². The van der Waals surface area contributed by atoms with Crippen molar-refractivity contribution >= 4 is 11.7 Å². The van der Waals surface area contributed by atoms with E-state index in [1.807, 2.05) is 36.7 Å². The molecule has 0 fully saturated rings. The zero-order chi connectivity index (χ0) is 21.8. The maximum Gasteiger partial charge on any atom is 0.273 e. The van der Waals surface area contributed by atoms with Crippen LogP contribution >= 0.6 is 0 Å². The number of carbonyl (C=O) groups is 1. The highest BCUT2D eigenvalue weighted by Gasteiger charge is 2.13. The highest BCUT2D eigenvalue weighted by molar-refractivity contribution is 5.91. The second-order valence-corrected chi connectivity index (χ2v) is 7.46. The third-order valence-electron chi connectivity index (χ3n) is 5.06. The van der Waals surface area contributed by atoms with Crippen LogP contribution in [-0.2, 0) is 19.6 Å². The summed E-state index contributed by atoms with van der Waals surface area (Å²) in [5.74, 6) is 0.195. The molecule has 1 amide bonds. The molecule has 0 radical (unpaired) electrons. The number of aryl methyl sites for hydroxylation is 2. The molecule has 0 aliphatic rings. The predicted molar refractivity (Wildman–Crippen MR) is 116 cm³/mol. The maximum absolute atomic E-state index is 12.5. The van der Waals surface area contributed by atoms with Crippen molar-refractivity contribution in [1.29, 1.82) is 0 Å². The fourth-order valence-electron chi connectivity index (χ4n) is 3.42. The number of hydrogen-bond acceptors (Lipinski definition) is 6. The average Bonchev–Trinajstić information content (AvgIpc) is 3.41. The van der Waals surface area contributed by atoms with Gasteiger partial charge in [0, 0.05) is 31.2 Å². The van der Waals surface area contributed by atoms with Gasteiger partial charge in [0.2, 0.25) is 0 Å². The van der Waals surface area contributed by atoms with Crippen LogP contribution in [0.4, 0.5) is 5.82 Å². The van der Waals surface area contributed by atoms with Crippen molar-refractivity contribution in [3.8, 4) is 0 Å². The van der Waals surface area contributed by atoms with Gasteiger partial charge in [-0.05, 0) is 42.2 Å². The lowest BCUT2D eigenvalue weighted by Gasteiger charge is -2.10. The van der Waals surface area contributed by atoms with Gasteiger partial charge < -0.3 is 15.6 Å². The Morgan fingerprint density at radius 2 is 1.87 bits per heavy atom. The van der Waals surface area contributed by atoms with Gasteiger partial charge in [-0.15, -0.1) is 5.10 Å². The standard InChI is InChI=1S/C22H24N8O/c1-15-9-21(23)26-16(2)19(15)10-25-22(31)20-13-30(28-27-20)12-18-5-3-17(4-6-18)11-29-8-7-24-14-29/h3-9,13-14H,10-12H2,1-2H3,(H2,23,26)(H,25,31). The van der Waals surface area contributed by atoms with Crippen LogP contribution in [0.2, 0.25) is 0 Å². The smallest absolute Gasteiger partial charge is 0.273 e. The third-order valence-corrected chi connectivity index (χ3v) is 5.06. The number of anilines is 1. The summed E-state index contributed by atoms with van der Waals surface area (Å²) in [6.07, 6.45) is 7.14. The highest BCUT2D eigenvalue weighted by atomic mass is 16.2. The molecule has 0 saturated carbocycles. The summed E-state index contributed by atoms with van der Waals surface area (Å²) in [4.78, 5) is 20.8. The summed E-state index contributed by atoms with van der Waals surface area (Å²) >= 11 is 0. The molecule has 0 spiro atoms. The van der Waals surface area contributed by atoms with E-state index in [1.54, 1.807) is 29.5 Å². The Labute approximate surface area is 179 Å². The Kier molecular flexibility index (Phi) is 5.74. The van der Waals surface area contributed by atoms with Crippen molar-refractivity contribution in [3.05, 3.63) is 88.9 Å². The summed E-state index contributed by atoms with van der Waals surface area (Å²) in [6, 6.07) is 10.0. The van der Waals surface area contributed by atoms with Crippen molar-refractivity contribution in [2.75, 3.05) is 5.73 Å². The number of rotatable bonds is 7. The number of nitrogens with zero attached hydrogens (tertiary/aromatic N) is 6. The molecule has 1 aromatic carbocycles. The van der Waals surface area contributed by atoms with Gasteiger partial charge >= 0.3 is 0 Å². The van der Waals surface area contributed by atoms with Crippen molar-refractivity contribution < 1.29 is 4.79 Å². The van der Waals surface area contributed by atoms with Gasteiger partial charge in [-0.1, -0.05) is 29.5 Å². The molecule has 0 unspecified atom stereocenters. The molecule has 0 aliphatic carbocycles. The lowest BCUT2D eigenvalue weighted by Crippen LogP contribution is -2.24. The third kappa shape index (κ3) is 4.95. The summed E-state index contributed by atoms with van der Waals surface area (Å²) < 4.78 is 3.67. The number of benzene rings is 1. The fraction of sp³-hybridized carbons (Fsp3) is 0.227. The van der Waals surface area contributed by atoms with Crippen molar-refractivity contribution in [2.45, 2.75) is 33.5 Å². The van der Waals surface area contributed by atoms with E-state index < -0.39 is 0 Å². The number of nitrogens with one attached hydrogen (secondary N) is 1. The monoisotopic (exact) mass is 416 g/mol. The second kappa shape index (κ2) is 8.78. The number of imidazole rings is 1. The number of carbonyl (C=O) groups excluding carboxylic acids is 1. The van der Waals surface area contributed by atoms with Crippen LogP contribution < -0.4 is 11.1 Å². The number of pyridine rings is 1. The minimum absolute atomic E-state index is 0.274. The van der Waals surface area contributed by atoms with Crippen LogP contribution in [0.5, 0.6) is 0 Å². The molecule has 9 nitrogen and oxygen atoms in total. The molecule has 158 valence electrons. The molecule has 0 saturated heterocycles. The van der Waals surface area contributed by atoms with Gasteiger partial charge in [-0.2, -0.15) is 0 Å². The quantitative estimate of drug-likeness (QED) is 0.476. The molecule has 3 aromatic heterocycles. The van der Waals surface area contributed by atoms with E-state index in [9.17, 15) is 4.79 Å². The molecule has 9 heteroatoms. The van der Waals surface area contributed by atoms with Crippen LogP contribution in [0, 0.1) is 13.8 Å². The van der Waals surface area contributed by atoms with Crippen molar-refractivity contribution in [1.82, 2.24) is 34.8 Å². The normalized spacial score (nSPS) is 10.9. The average molecular weight is 416 g/mol. The highest BCUT2D eigenvalue weighted by Crippen LogP contribution is 2.14. The number of nitrogens with two attached hydrogens (primary N) is 1. The maximum atomic E-state index is 12.5. The van der Waals surface area contributed by atoms with Gasteiger partial charge in [-0.25, -0.2) is 14.6 Å². The molecule has 3 N–H and O–H groups in total. The Morgan fingerprint density at radius 3 is 2.55 bits per heavy atom. The summed E-state index contributed by atoms with van der Waals surface area (Å²) in [7, 11) is 0. The van der Waals surface area contributed by atoms with Crippen LogP contribution in [0.25, 0.3) is 0 Å². The SMILES string of the molecule is Cc1cc(N)nc(C)c1CNC(=O)c1cn(Cc2ccc(Cn3ccnc3)cc2)nn1. The molecule has 0 bridgehead atoms. The first-order chi connectivity index (χ1) is 15.0. The van der Waals surface area contributed by atoms with E-state index in [4.69, 9.17) is 5.73 Å². The second-order valence-electron chi connectivity index (χ2n) is 7.46. The number of aromatic nitrogens is 6.